The van der Waals surface area contributed by atoms with Gasteiger partial charge in [-0.1, -0.05) is 30.3 Å². The molecule has 1 fully saturated rings. The summed E-state index contributed by atoms with van der Waals surface area (Å²) in [6.07, 6.45) is 1.55. The SMILES string of the molecule is COc1ccc(N)cc1OC[C@H](O)CN1CCC(c2ccc(Oc3ccccc3)cc2)CC1. The van der Waals surface area contributed by atoms with Crippen molar-refractivity contribution in [2.24, 2.45) is 0 Å². The molecule has 0 aromatic heterocycles. The van der Waals surface area contributed by atoms with E-state index in [1.54, 1.807) is 25.3 Å². The van der Waals surface area contributed by atoms with Gasteiger partial charge in [0, 0.05) is 18.3 Å². The Kier molecular flexibility index (Phi) is 7.70. The van der Waals surface area contributed by atoms with Crippen molar-refractivity contribution in [3.05, 3.63) is 78.4 Å². The largest absolute Gasteiger partial charge is 0.493 e. The standard InChI is InChI=1S/C27H32N2O4/c1-31-26-12-9-22(28)17-27(26)32-19-23(30)18-29-15-13-21(14-16-29)20-7-10-25(11-8-20)33-24-5-3-2-4-6-24/h2-12,17,21,23,30H,13-16,18-19,28H2,1H3/t23-/m1/s1. The Morgan fingerprint density at radius 1 is 0.939 bits per heavy atom. The molecule has 3 aromatic rings. The maximum atomic E-state index is 10.5. The lowest BCUT2D eigenvalue weighted by Crippen LogP contribution is -2.40. The molecule has 1 saturated heterocycles. The van der Waals surface area contributed by atoms with Gasteiger partial charge >= 0.3 is 0 Å². The van der Waals surface area contributed by atoms with E-state index in [1.807, 2.05) is 42.5 Å². The first-order chi connectivity index (χ1) is 16.1. The van der Waals surface area contributed by atoms with Crippen LogP contribution in [0.3, 0.4) is 0 Å². The number of aliphatic hydroxyl groups excluding tert-OH is 1. The molecule has 0 radical (unpaired) electrons. The summed E-state index contributed by atoms with van der Waals surface area (Å²) in [5.41, 5.74) is 7.77. The number of nitrogens with zero attached hydrogens (tertiary/aromatic N) is 1. The van der Waals surface area contributed by atoms with Crippen LogP contribution in [0.4, 0.5) is 5.69 Å². The van der Waals surface area contributed by atoms with Gasteiger partial charge in [-0.15, -0.1) is 0 Å². The zero-order chi connectivity index (χ0) is 23.0. The van der Waals surface area contributed by atoms with E-state index in [2.05, 4.69) is 17.0 Å². The molecule has 6 nitrogen and oxygen atoms in total. The Hall–Kier alpha value is -3.22. The second kappa shape index (κ2) is 11.1. The second-order valence-corrected chi connectivity index (χ2v) is 8.43. The number of nitrogen functional groups attached to an aromatic ring is 1. The smallest absolute Gasteiger partial charge is 0.163 e. The van der Waals surface area contributed by atoms with E-state index >= 15 is 0 Å². The Morgan fingerprint density at radius 2 is 1.64 bits per heavy atom. The summed E-state index contributed by atoms with van der Waals surface area (Å²) in [7, 11) is 1.59. The minimum absolute atomic E-state index is 0.197. The number of piperidine rings is 1. The summed E-state index contributed by atoms with van der Waals surface area (Å²) < 4.78 is 17.0. The fraction of sp³-hybridized carbons (Fsp3) is 0.333. The van der Waals surface area contributed by atoms with Crippen LogP contribution in [0.1, 0.15) is 24.3 Å². The van der Waals surface area contributed by atoms with Crippen LogP contribution >= 0.6 is 0 Å². The number of aliphatic hydroxyl groups is 1. The van der Waals surface area contributed by atoms with Crippen LogP contribution in [-0.2, 0) is 0 Å². The highest BCUT2D eigenvalue weighted by atomic mass is 16.5. The predicted octanol–water partition coefficient (Wildman–Crippen LogP) is 4.69. The summed E-state index contributed by atoms with van der Waals surface area (Å²) in [5.74, 6) is 3.38. The Morgan fingerprint density at radius 3 is 2.33 bits per heavy atom. The third-order valence-corrected chi connectivity index (χ3v) is 6.01. The van der Waals surface area contributed by atoms with Crippen molar-refractivity contribution in [1.29, 1.82) is 0 Å². The number of hydrogen-bond acceptors (Lipinski definition) is 6. The van der Waals surface area contributed by atoms with Crippen LogP contribution in [0.25, 0.3) is 0 Å². The van der Waals surface area contributed by atoms with Crippen LogP contribution in [0.15, 0.2) is 72.8 Å². The molecular formula is C27H32N2O4. The summed E-state index contributed by atoms with van der Waals surface area (Å²) in [6.45, 7) is 2.68. The molecule has 0 spiro atoms. The molecule has 174 valence electrons. The normalized spacial score (nSPS) is 15.7. The van der Waals surface area contributed by atoms with Crippen LogP contribution in [0, 0.1) is 0 Å². The lowest BCUT2D eigenvalue weighted by molar-refractivity contribution is 0.0586. The van der Waals surface area contributed by atoms with Crippen LogP contribution < -0.4 is 19.9 Å². The molecule has 1 atom stereocenters. The highest BCUT2D eigenvalue weighted by Gasteiger charge is 2.22. The molecule has 3 N–H and O–H groups in total. The maximum Gasteiger partial charge on any atom is 0.163 e. The van der Waals surface area contributed by atoms with Crippen molar-refractivity contribution in [3.63, 3.8) is 0 Å². The Labute approximate surface area is 195 Å². The van der Waals surface area contributed by atoms with Gasteiger partial charge in [0.15, 0.2) is 11.5 Å². The average molecular weight is 449 g/mol. The minimum atomic E-state index is -0.581. The molecule has 1 heterocycles. The summed E-state index contributed by atoms with van der Waals surface area (Å²) in [4.78, 5) is 2.30. The number of methoxy groups -OCH3 is 1. The van der Waals surface area contributed by atoms with E-state index in [9.17, 15) is 5.11 Å². The molecule has 1 aliphatic heterocycles. The van der Waals surface area contributed by atoms with Gasteiger partial charge in [-0.05, 0) is 73.8 Å². The van der Waals surface area contributed by atoms with E-state index in [1.165, 1.54) is 5.56 Å². The fourth-order valence-electron chi connectivity index (χ4n) is 4.22. The summed E-state index contributed by atoms with van der Waals surface area (Å²) in [5, 5.41) is 10.5. The number of rotatable bonds is 9. The van der Waals surface area contributed by atoms with E-state index in [-0.39, 0.29) is 6.61 Å². The number of β-amino-alcohol motifs (C(OH)–C–C–N with tert-alkyl or cyclic N) is 1. The number of nitrogens with two attached hydrogens (primary N) is 1. The quantitative estimate of drug-likeness (QED) is 0.463. The van der Waals surface area contributed by atoms with E-state index in [4.69, 9.17) is 19.9 Å². The maximum absolute atomic E-state index is 10.5. The average Bonchev–Trinajstić information content (AvgIpc) is 2.84. The molecule has 0 unspecified atom stereocenters. The highest BCUT2D eigenvalue weighted by Crippen LogP contribution is 2.31. The van der Waals surface area contributed by atoms with Crippen LogP contribution in [0.2, 0.25) is 0 Å². The third kappa shape index (κ3) is 6.40. The molecule has 3 aromatic carbocycles. The van der Waals surface area contributed by atoms with Gasteiger partial charge in [0.2, 0.25) is 0 Å². The van der Waals surface area contributed by atoms with Crippen molar-refractivity contribution < 1.29 is 19.3 Å². The lowest BCUT2D eigenvalue weighted by atomic mass is 9.89. The van der Waals surface area contributed by atoms with Crippen molar-refractivity contribution in [2.75, 3.05) is 39.1 Å². The topological polar surface area (TPSA) is 77.2 Å². The zero-order valence-electron chi connectivity index (χ0n) is 19.0. The molecule has 6 heteroatoms. The van der Waals surface area contributed by atoms with Gasteiger partial charge in [0.05, 0.1) is 7.11 Å². The molecule has 0 bridgehead atoms. The predicted molar refractivity (Wildman–Crippen MR) is 130 cm³/mol. The van der Waals surface area contributed by atoms with Crippen molar-refractivity contribution >= 4 is 5.69 Å². The monoisotopic (exact) mass is 448 g/mol. The third-order valence-electron chi connectivity index (χ3n) is 6.01. The lowest BCUT2D eigenvalue weighted by Gasteiger charge is -2.33. The van der Waals surface area contributed by atoms with Crippen molar-refractivity contribution in [1.82, 2.24) is 4.90 Å². The zero-order valence-corrected chi connectivity index (χ0v) is 19.0. The van der Waals surface area contributed by atoms with Gasteiger partial charge in [-0.3, -0.25) is 0 Å². The van der Waals surface area contributed by atoms with Gasteiger partial charge in [0.1, 0.15) is 24.2 Å². The number of para-hydroxylation sites is 1. The van der Waals surface area contributed by atoms with Gasteiger partial charge in [0.25, 0.3) is 0 Å². The fourth-order valence-corrected chi connectivity index (χ4v) is 4.22. The Balaban J connectivity index is 1.22. The summed E-state index contributed by atoms with van der Waals surface area (Å²) in [6, 6.07) is 23.5. The molecule has 1 aliphatic rings. The van der Waals surface area contributed by atoms with E-state index in [0.29, 0.717) is 29.6 Å². The number of benzene rings is 3. The molecule has 0 amide bonds. The molecule has 0 aliphatic carbocycles. The number of anilines is 1. The van der Waals surface area contributed by atoms with Crippen LogP contribution in [0.5, 0.6) is 23.0 Å². The van der Waals surface area contributed by atoms with Crippen molar-refractivity contribution in [2.45, 2.75) is 24.9 Å². The second-order valence-electron chi connectivity index (χ2n) is 8.43. The first kappa shape index (κ1) is 23.0. The molecular weight excluding hydrogens is 416 g/mol. The number of likely N-dealkylation sites (tertiary alicyclic amines) is 1. The number of ether oxygens (including phenoxy) is 3. The first-order valence-electron chi connectivity index (χ1n) is 11.4. The van der Waals surface area contributed by atoms with E-state index in [0.717, 1.165) is 37.4 Å². The molecule has 33 heavy (non-hydrogen) atoms. The minimum Gasteiger partial charge on any atom is -0.493 e. The molecule has 0 saturated carbocycles. The first-order valence-corrected chi connectivity index (χ1v) is 11.4. The highest BCUT2D eigenvalue weighted by molar-refractivity contribution is 5.51. The van der Waals surface area contributed by atoms with Gasteiger partial charge in [-0.25, -0.2) is 0 Å². The number of hydrogen-bond donors (Lipinski definition) is 2. The van der Waals surface area contributed by atoms with Gasteiger partial charge < -0.3 is 30.0 Å². The van der Waals surface area contributed by atoms with Crippen molar-refractivity contribution in [3.8, 4) is 23.0 Å². The summed E-state index contributed by atoms with van der Waals surface area (Å²) >= 11 is 0. The Bertz CT molecular complexity index is 1000. The van der Waals surface area contributed by atoms with E-state index < -0.39 is 6.10 Å². The van der Waals surface area contributed by atoms with Crippen LogP contribution in [-0.4, -0.2) is 49.5 Å². The molecule has 4 rings (SSSR count). The van der Waals surface area contributed by atoms with Gasteiger partial charge in [-0.2, -0.15) is 0 Å².